The molecule has 0 spiro atoms. The molecule has 1 N–H and O–H groups in total. The van der Waals surface area contributed by atoms with E-state index in [1.54, 1.807) is 0 Å². The van der Waals surface area contributed by atoms with Gasteiger partial charge in [0.2, 0.25) is 11.8 Å². The van der Waals surface area contributed by atoms with Crippen molar-refractivity contribution in [2.75, 3.05) is 26.2 Å². The van der Waals surface area contributed by atoms with Crippen molar-refractivity contribution in [2.45, 2.75) is 34.1 Å². The van der Waals surface area contributed by atoms with Crippen molar-refractivity contribution in [3.63, 3.8) is 0 Å². The highest BCUT2D eigenvalue weighted by atomic mass is 16.5. The van der Waals surface area contributed by atoms with E-state index in [1.165, 1.54) is 4.90 Å². The van der Waals surface area contributed by atoms with E-state index in [0.717, 1.165) is 16.9 Å². The third-order valence-electron chi connectivity index (χ3n) is 3.57. The highest BCUT2D eigenvalue weighted by Crippen LogP contribution is 2.20. The Bertz CT molecular complexity index is 515. The Morgan fingerprint density at radius 2 is 1.95 bits per heavy atom. The van der Waals surface area contributed by atoms with Crippen LogP contribution in [0.2, 0.25) is 0 Å². The van der Waals surface area contributed by atoms with Crippen LogP contribution in [0.3, 0.4) is 0 Å². The van der Waals surface area contributed by atoms with E-state index in [0.29, 0.717) is 19.7 Å². The Morgan fingerprint density at radius 1 is 1.23 bits per heavy atom. The first-order chi connectivity index (χ1) is 10.5. The molecule has 0 fully saturated rings. The van der Waals surface area contributed by atoms with Crippen LogP contribution >= 0.6 is 0 Å². The smallest absolute Gasteiger partial charge is 0.239 e. The number of amides is 2. The lowest BCUT2D eigenvalue weighted by atomic mass is 10.1. The minimum atomic E-state index is -0.131. The van der Waals surface area contributed by atoms with E-state index in [4.69, 9.17) is 4.74 Å². The summed E-state index contributed by atoms with van der Waals surface area (Å²) in [6.45, 7) is 9.25. The van der Waals surface area contributed by atoms with Gasteiger partial charge >= 0.3 is 0 Å². The van der Waals surface area contributed by atoms with Crippen molar-refractivity contribution < 1.29 is 14.3 Å². The topological polar surface area (TPSA) is 58.6 Å². The van der Waals surface area contributed by atoms with Gasteiger partial charge in [0.15, 0.2) is 0 Å². The average Bonchev–Trinajstić information content (AvgIpc) is 2.49. The van der Waals surface area contributed by atoms with Crippen molar-refractivity contribution in [3.8, 4) is 5.75 Å². The number of aryl methyl sites for hydroxylation is 1. The maximum Gasteiger partial charge on any atom is 0.239 e. The van der Waals surface area contributed by atoms with Gasteiger partial charge in [-0.3, -0.25) is 9.59 Å². The van der Waals surface area contributed by atoms with Crippen LogP contribution < -0.4 is 10.1 Å². The van der Waals surface area contributed by atoms with Crippen LogP contribution in [0.5, 0.6) is 5.75 Å². The number of carbonyl (C=O) groups is 2. The third-order valence-corrected chi connectivity index (χ3v) is 3.57. The number of nitrogens with one attached hydrogen (secondary N) is 1. The van der Waals surface area contributed by atoms with Gasteiger partial charge in [-0.15, -0.1) is 0 Å². The number of hydrogen-bond acceptors (Lipinski definition) is 3. The third kappa shape index (κ3) is 5.39. The molecule has 1 aromatic carbocycles. The number of hydrogen-bond donors (Lipinski definition) is 1. The van der Waals surface area contributed by atoms with Gasteiger partial charge < -0.3 is 15.0 Å². The quantitative estimate of drug-likeness (QED) is 0.800. The largest absolute Gasteiger partial charge is 0.493 e. The lowest BCUT2D eigenvalue weighted by Gasteiger charge is -2.20. The molecule has 0 atom stereocenters. The van der Waals surface area contributed by atoms with E-state index in [2.05, 4.69) is 5.32 Å². The first-order valence-electron chi connectivity index (χ1n) is 7.73. The first kappa shape index (κ1) is 18.0. The molecule has 0 saturated carbocycles. The Balaban J connectivity index is 2.47. The number of carbonyl (C=O) groups excluding carboxylic acids is 2. The van der Waals surface area contributed by atoms with Crippen LogP contribution in [0, 0.1) is 13.8 Å². The van der Waals surface area contributed by atoms with Gasteiger partial charge in [-0.2, -0.15) is 0 Å². The molecule has 0 aliphatic heterocycles. The monoisotopic (exact) mass is 306 g/mol. The van der Waals surface area contributed by atoms with Crippen molar-refractivity contribution in [3.05, 3.63) is 29.3 Å². The molecule has 0 aliphatic rings. The number of likely N-dealkylation sites (N-methyl/N-ethyl adjacent to an activating group) is 2. The molecule has 2 amide bonds. The zero-order valence-electron chi connectivity index (χ0n) is 13.9. The number of rotatable bonds is 8. The van der Waals surface area contributed by atoms with Crippen LogP contribution in [0.4, 0.5) is 0 Å². The van der Waals surface area contributed by atoms with Gasteiger partial charge in [-0.1, -0.05) is 12.1 Å². The van der Waals surface area contributed by atoms with E-state index in [-0.39, 0.29) is 24.8 Å². The first-order valence-corrected chi connectivity index (χ1v) is 7.73. The second-order valence-corrected chi connectivity index (χ2v) is 5.16. The summed E-state index contributed by atoms with van der Waals surface area (Å²) in [5.41, 5.74) is 2.25. The SMILES string of the molecule is CCNC(=O)CN(CC)C(=O)CCOc1cccc(C)c1C. The van der Waals surface area contributed by atoms with Crippen molar-refractivity contribution >= 4 is 11.8 Å². The Hall–Kier alpha value is -2.04. The molecular weight excluding hydrogens is 280 g/mol. The lowest BCUT2D eigenvalue weighted by molar-refractivity contribution is -0.136. The van der Waals surface area contributed by atoms with Crippen molar-refractivity contribution in [1.82, 2.24) is 10.2 Å². The fourth-order valence-corrected chi connectivity index (χ4v) is 2.09. The zero-order chi connectivity index (χ0) is 16.5. The molecule has 5 heteroatoms. The molecule has 122 valence electrons. The molecule has 0 saturated heterocycles. The highest BCUT2D eigenvalue weighted by molar-refractivity contribution is 5.84. The summed E-state index contributed by atoms with van der Waals surface area (Å²) >= 11 is 0. The minimum Gasteiger partial charge on any atom is -0.493 e. The van der Waals surface area contributed by atoms with Gasteiger partial charge in [-0.05, 0) is 44.9 Å². The average molecular weight is 306 g/mol. The zero-order valence-corrected chi connectivity index (χ0v) is 13.9. The number of ether oxygens (including phenoxy) is 1. The molecule has 0 heterocycles. The van der Waals surface area contributed by atoms with Crippen LogP contribution in [0.1, 0.15) is 31.4 Å². The molecule has 0 radical (unpaired) electrons. The fourth-order valence-electron chi connectivity index (χ4n) is 2.09. The van der Waals surface area contributed by atoms with Gasteiger partial charge in [0.1, 0.15) is 5.75 Å². The van der Waals surface area contributed by atoms with Crippen LogP contribution in [0.25, 0.3) is 0 Å². The summed E-state index contributed by atoms with van der Waals surface area (Å²) in [7, 11) is 0. The summed E-state index contributed by atoms with van der Waals surface area (Å²) in [6.07, 6.45) is 0.265. The normalized spacial score (nSPS) is 10.2. The summed E-state index contributed by atoms with van der Waals surface area (Å²) in [6, 6.07) is 5.87. The van der Waals surface area contributed by atoms with Gasteiger partial charge in [0.25, 0.3) is 0 Å². The molecule has 1 aromatic rings. The van der Waals surface area contributed by atoms with E-state index in [9.17, 15) is 9.59 Å². The van der Waals surface area contributed by atoms with Crippen molar-refractivity contribution in [1.29, 1.82) is 0 Å². The molecule has 22 heavy (non-hydrogen) atoms. The molecule has 1 rings (SSSR count). The number of benzene rings is 1. The molecule has 0 unspecified atom stereocenters. The fraction of sp³-hybridized carbons (Fsp3) is 0.529. The summed E-state index contributed by atoms with van der Waals surface area (Å²) in [4.78, 5) is 25.2. The Morgan fingerprint density at radius 3 is 2.59 bits per heavy atom. The van der Waals surface area contributed by atoms with Crippen LogP contribution in [0.15, 0.2) is 18.2 Å². The molecule has 5 nitrogen and oxygen atoms in total. The highest BCUT2D eigenvalue weighted by Gasteiger charge is 2.15. The minimum absolute atomic E-state index is 0.0703. The van der Waals surface area contributed by atoms with Crippen molar-refractivity contribution in [2.24, 2.45) is 0 Å². The molecule has 0 aliphatic carbocycles. The second kappa shape index (κ2) is 9.07. The molecule has 0 bridgehead atoms. The maximum atomic E-state index is 12.1. The molecular formula is C17H26N2O3. The van der Waals surface area contributed by atoms with Gasteiger partial charge in [0.05, 0.1) is 19.6 Å². The maximum absolute atomic E-state index is 12.1. The van der Waals surface area contributed by atoms with E-state index >= 15 is 0 Å². The summed E-state index contributed by atoms with van der Waals surface area (Å²) in [5.74, 6) is 0.604. The predicted octanol–water partition coefficient (Wildman–Crippen LogP) is 2.06. The van der Waals surface area contributed by atoms with E-state index in [1.807, 2.05) is 45.9 Å². The number of nitrogens with zero attached hydrogens (tertiary/aromatic N) is 1. The Kier molecular flexibility index (Phi) is 7.43. The summed E-state index contributed by atoms with van der Waals surface area (Å²) in [5, 5.41) is 2.70. The Labute approximate surface area is 132 Å². The molecule has 0 aromatic heterocycles. The predicted molar refractivity (Wildman–Crippen MR) is 87.0 cm³/mol. The van der Waals surface area contributed by atoms with Crippen LogP contribution in [-0.4, -0.2) is 43.0 Å². The van der Waals surface area contributed by atoms with Gasteiger partial charge in [0, 0.05) is 13.1 Å². The van der Waals surface area contributed by atoms with E-state index < -0.39 is 0 Å². The van der Waals surface area contributed by atoms with Crippen LogP contribution in [-0.2, 0) is 9.59 Å². The van der Waals surface area contributed by atoms with Gasteiger partial charge in [-0.25, -0.2) is 0 Å². The standard InChI is InChI=1S/C17H26N2O3/c1-5-18-16(20)12-19(6-2)17(21)10-11-22-15-9-7-8-13(3)14(15)4/h7-9H,5-6,10-12H2,1-4H3,(H,18,20). The summed E-state index contributed by atoms with van der Waals surface area (Å²) < 4.78 is 5.69. The lowest BCUT2D eigenvalue weighted by Crippen LogP contribution is -2.40. The second-order valence-electron chi connectivity index (χ2n) is 5.16.